The van der Waals surface area contributed by atoms with Crippen LogP contribution in [0.4, 0.5) is 0 Å². The normalized spacial score (nSPS) is 11.1. The number of methoxy groups -OCH3 is 1. The van der Waals surface area contributed by atoms with E-state index in [1.807, 2.05) is 24.3 Å². The first-order valence-corrected chi connectivity index (χ1v) is 4.65. The van der Waals surface area contributed by atoms with Crippen molar-refractivity contribution >= 4 is 16.7 Å². The van der Waals surface area contributed by atoms with Crippen LogP contribution in [0.3, 0.4) is 0 Å². The van der Waals surface area contributed by atoms with Gasteiger partial charge in [0.2, 0.25) is 0 Å². The quantitative estimate of drug-likeness (QED) is 0.663. The van der Waals surface area contributed by atoms with Gasteiger partial charge in [-0.15, -0.1) is 0 Å². The maximum Gasteiger partial charge on any atom is 0.337 e. The molecular weight excluding hydrogens is 188 g/mol. The highest BCUT2D eigenvalue weighted by atomic mass is 16.5. The fourth-order valence-corrected chi connectivity index (χ4v) is 1.54. The Labute approximate surface area is 89.9 Å². The van der Waals surface area contributed by atoms with Crippen molar-refractivity contribution in [3.05, 3.63) is 47.5 Å². The number of esters is 1. The van der Waals surface area contributed by atoms with Crippen LogP contribution >= 0.6 is 0 Å². The minimum Gasteiger partial charge on any atom is -0.465 e. The number of carbonyl (C=O) groups is 1. The summed E-state index contributed by atoms with van der Waals surface area (Å²) in [5, 5.41) is 2.03. The van der Waals surface area contributed by atoms with Crippen LogP contribution in [0, 0.1) is 6.90 Å². The third kappa shape index (κ3) is 1.84. The zero-order valence-electron chi connectivity index (χ0n) is 9.49. The molecule has 0 radical (unpaired) electrons. The molecule has 15 heavy (non-hydrogen) atoms. The lowest BCUT2D eigenvalue weighted by Gasteiger charge is -2.02. The number of fused-ring (bicyclic) bond motifs is 1. The summed E-state index contributed by atoms with van der Waals surface area (Å²) in [6.45, 7) is 0.273. The summed E-state index contributed by atoms with van der Waals surface area (Å²) in [5.74, 6) is -0.327. The maximum atomic E-state index is 11.3. The molecule has 0 unspecified atom stereocenters. The lowest BCUT2D eigenvalue weighted by molar-refractivity contribution is 0.0601. The minimum atomic E-state index is -0.327. The van der Waals surface area contributed by atoms with E-state index in [0.29, 0.717) is 5.56 Å². The molecule has 2 rings (SSSR count). The number of carbonyl (C=O) groups excluding carboxylic acids is 1. The molecule has 0 spiro atoms. The van der Waals surface area contributed by atoms with E-state index >= 15 is 0 Å². The second-order valence-corrected chi connectivity index (χ2v) is 3.39. The van der Waals surface area contributed by atoms with Crippen molar-refractivity contribution in [2.75, 3.05) is 7.11 Å². The highest BCUT2D eigenvalue weighted by molar-refractivity contribution is 5.95. The van der Waals surface area contributed by atoms with Gasteiger partial charge in [-0.3, -0.25) is 0 Å². The van der Waals surface area contributed by atoms with Gasteiger partial charge in [0.05, 0.1) is 12.7 Å². The van der Waals surface area contributed by atoms with Crippen LogP contribution in [0.1, 0.15) is 17.3 Å². The van der Waals surface area contributed by atoms with E-state index in [1.54, 1.807) is 12.1 Å². The van der Waals surface area contributed by atoms with Gasteiger partial charge in [0, 0.05) is 1.37 Å². The maximum absolute atomic E-state index is 11.3. The molecule has 76 valence electrons. The monoisotopic (exact) mass is 201 g/mol. The van der Waals surface area contributed by atoms with Gasteiger partial charge in [0.25, 0.3) is 0 Å². The van der Waals surface area contributed by atoms with Gasteiger partial charge in [0.15, 0.2) is 0 Å². The molecule has 0 N–H and O–H groups in total. The molecule has 2 aromatic carbocycles. The number of benzene rings is 2. The van der Waals surface area contributed by atoms with E-state index in [1.165, 1.54) is 7.11 Å². The van der Waals surface area contributed by atoms with Crippen LogP contribution in [0.5, 0.6) is 0 Å². The van der Waals surface area contributed by atoms with Gasteiger partial charge >= 0.3 is 5.97 Å². The SMILES string of the molecule is [2H]Cc1ccc2cc(C(=O)OC)ccc2c1. The smallest absolute Gasteiger partial charge is 0.337 e. The molecule has 0 atom stereocenters. The van der Waals surface area contributed by atoms with E-state index in [9.17, 15) is 4.79 Å². The van der Waals surface area contributed by atoms with Crippen molar-refractivity contribution < 1.29 is 10.9 Å². The summed E-state index contributed by atoms with van der Waals surface area (Å²) in [7, 11) is 1.37. The number of rotatable bonds is 1. The van der Waals surface area contributed by atoms with Crippen molar-refractivity contribution in [2.24, 2.45) is 0 Å². The zero-order chi connectivity index (χ0) is 11.5. The first kappa shape index (κ1) is 8.48. The van der Waals surface area contributed by atoms with Gasteiger partial charge < -0.3 is 4.74 Å². The summed E-state index contributed by atoms with van der Waals surface area (Å²) in [5.41, 5.74) is 1.52. The molecule has 0 bridgehead atoms. The predicted molar refractivity (Wildman–Crippen MR) is 60.0 cm³/mol. The molecule has 2 nitrogen and oxygen atoms in total. The lowest BCUT2D eigenvalue weighted by Crippen LogP contribution is -2.00. The fourth-order valence-electron chi connectivity index (χ4n) is 1.54. The topological polar surface area (TPSA) is 26.3 Å². The Morgan fingerprint density at radius 3 is 2.67 bits per heavy atom. The van der Waals surface area contributed by atoms with Crippen molar-refractivity contribution in [2.45, 2.75) is 6.90 Å². The number of aryl methyl sites for hydroxylation is 1. The molecule has 0 saturated carbocycles. The Morgan fingerprint density at radius 2 is 1.93 bits per heavy atom. The van der Waals surface area contributed by atoms with Crippen LogP contribution in [0.15, 0.2) is 36.4 Å². The van der Waals surface area contributed by atoms with Crippen molar-refractivity contribution in [1.29, 1.82) is 0 Å². The molecule has 0 aliphatic carbocycles. The third-order valence-corrected chi connectivity index (χ3v) is 2.33. The summed E-state index contributed by atoms with van der Waals surface area (Å²) in [4.78, 5) is 11.3. The molecule has 0 aliphatic rings. The van der Waals surface area contributed by atoms with Gasteiger partial charge in [-0.2, -0.15) is 0 Å². The van der Waals surface area contributed by atoms with Gasteiger partial charge in [0.1, 0.15) is 0 Å². The summed E-state index contributed by atoms with van der Waals surface area (Å²) in [6, 6.07) is 11.2. The Kier molecular flexibility index (Phi) is 2.11. The van der Waals surface area contributed by atoms with Crippen molar-refractivity contribution in [3.63, 3.8) is 0 Å². The fraction of sp³-hybridized carbons (Fsp3) is 0.154. The van der Waals surface area contributed by atoms with Crippen LogP contribution in [0.2, 0.25) is 0 Å². The minimum absolute atomic E-state index is 0.273. The second kappa shape index (κ2) is 3.73. The van der Waals surface area contributed by atoms with Gasteiger partial charge in [-0.25, -0.2) is 4.79 Å². The summed E-state index contributed by atoms with van der Waals surface area (Å²) in [6.07, 6.45) is 0. The van der Waals surface area contributed by atoms with Gasteiger partial charge in [-0.05, 0) is 29.8 Å². The third-order valence-electron chi connectivity index (χ3n) is 2.33. The molecular formula is C13H12O2. The largest absolute Gasteiger partial charge is 0.465 e. The van der Waals surface area contributed by atoms with E-state index in [-0.39, 0.29) is 12.9 Å². The van der Waals surface area contributed by atoms with Crippen LogP contribution < -0.4 is 0 Å². The van der Waals surface area contributed by atoms with Crippen molar-refractivity contribution in [1.82, 2.24) is 0 Å². The number of ether oxygens (including phenoxy) is 1. The predicted octanol–water partition coefficient (Wildman–Crippen LogP) is 2.93. The zero-order valence-corrected chi connectivity index (χ0v) is 8.49. The van der Waals surface area contributed by atoms with Crippen LogP contribution in [0.25, 0.3) is 10.8 Å². The average Bonchev–Trinajstić information content (AvgIpc) is 2.36. The van der Waals surface area contributed by atoms with E-state index < -0.39 is 0 Å². The molecule has 0 aromatic heterocycles. The first-order chi connectivity index (χ1) is 7.74. The Bertz CT molecular complexity index is 534. The molecule has 2 aromatic rings. The first-order valence-electron chi connectivity index (χ1n) is 5.35. The molecule has 0 saturated heterocycles. The van der Waals surface area contributed by atoms with E-state index in [0.717, 1.165) is 16.3 Å². The van der Waals surface area contributed by atoms with Crippen molar-refractivity contribution in [3.8, 4) is 0 Å². The summed E-state index contributed by atoms with van der Waals surface area (Å²) < 4.78 is 11.9. The van der Waals surface area contributed by atoms with E-state index in [4.69, 9.17) is 1.37 Å². The Morgan fingerprint density at radius 1 is 1.20 bits per heavy atom. The summed E-state index contributed by atoms with van der Waals surface area (Å²) >= 11 is 0. The second-order valence-electron chi connectivity index (χ2n) is 3.39. The number of hydrogen-bond acceptors (Lipinski definition) is 2. The van der Waals surface area contributed by atoms with Crippen LogP contribution in [-0.2, 0) is 4.74 Å². The van der Waals surface area contributed by atoms with Crippen LogP contribution in [-0.4, -0.2) is 13.1 Å². The standard InChI is InChI=1S/C13H12O2/c1-9-3-4-11-8-12(13(14)15-2)6-5-10(11)7-9/h3-8H,1-2H3/i1D. The molecule has 2 heteroatoms. The lowest BCUT2D eigenvalue weighted by atomic mass is 10.0. The molecule has 0 heterocycles. The molecule has 0 fully saturated rings. The Balaban J connectivity index is 2.51. The van der Waals surface area contributed by atoms with Gasteiger partial charge in [-0.1, -0.05) is 29.8 Å². The highest BCUT2D eigenvalue weighted by Crippen LogP contribution is 2.17. The average molecular weight is 201 g/mol. The number of hydrogen-bond donors (Lipinski definition) is 0. The highest BCUT2D eigenvalue weighted by Gasteiger charge is 2.05. The molecule has 0 aliphatic heterocycles. The van der Waals surface area contributed by atoms with E-state index in [2.05, 4.69) is 4.74 Å². The Hall–Kier alpha value is -1.83. The molecule has 0 amide bonds.